The van der Waals surface area contributed by atoms with Gasteiger partial charge in [0.1, 0.15) is 6.33 Å². The number of ether oxygens (including phenoxy) is 4. The molecule has 3 N–H and O–H groups in total. The second kappa shape index (κ2) is 12.4. The highest BCUT2D eigenvalue weighted by Gasteiger charge is 2.09. The lowest BCUT2D eigenvalue weighted by Gasteiger charge is -2.09. The van der Waals surface area contributed by atoms with Gasteiger partial charge in [-0.15, -0.1) is 10.2 Å². The quantitative estimate of drug-likeness (QED) is 0.230. The Morgan fingerprint density at radius 1 is 0.917 bits per heavy atom. The fourth-order valence-corrected chi connectivity index (χ4v) is 2.73. The van der Waals surface area contributed by atoms with Crippen LogP contribution in [0.4, 0.5) is 5.95 Å². The highest BCUT2D eigenvalue weighted by molar-refractivity contribution is 5.82. The van der Waals surface area contributed by atoms with Crippen LogP contribution in [0.25, 0.3) is 0 Å². The molecular formula is C22H22N6O8. The Kier molecular flexibility index (Phi) is 8.75. The van der Waals surface area contributed by atoms with Gasteiger partial charge in [0.15, 0.2) is 36.2 Å². The maximum Gasteiger partial charge on any atom is 0.341 e. The summed E-state index contributed by atoms with van der Waals surface area (Å²) in [7, 11) is 2.88. The number of benzene rings is 2. The minimum atomic E-state index is -1.10. The third-order valence-electron chi connectivity index (χ3n) is 4.32. The average molecular weight is 498 g/mol. The lowest BCUT2D eigenvalue weighted by Crippen LogP contribution is -2.10. The van der Waals surface area contributed by atoms with Gasteiger partial charge in [-0.3, -0.25) is 0 Å². The summed E-state index contributed by atoms with van der Waals surface area (Å²) in [4.78, 5) is 21.4. The van der Waals surface area contributed by atoms with Gasteiger partial charge in [-0.05, 0) is 47.5 Å². The molecule has 3 aromatic rings. The van der Waals surface area contributed by atoms with E-state index in [2.05, 4.69) is 25.8 Å². The van der Waals surface area contributed by atoms with Gasteiger partial charge >= 0.3 is 11.9 Å². The standard InChI is InChI=1S/C22H22N6O8/c1-33-18-7-14(3-5-16(18)35-11-20(29)30)9-23-26-22-27-24-13-28(22)25-10-15-4-6-17(19(8-15)34-2)36-12-21(31)32/h3-10,13H,11-12H2,1-2H3,(H,26,27)(H,29,30)(H,31,32)/b23-9+,25-10-. The molecule has 14 heteroatoms. The van der Waals surface area contributed by atoms with Gasteiger partial charge in [0.05, 0.1) is 26.6 Å². The molecule has 2 aromatic carbocycles. The van der Waals surface area contributed by atoms with Crippen molar-refractivity contribution in [2.45, 2.75) is 0 Å². The summed E-state index contributed by atoms with van der Waals surface area (Å²) in [5.74, 6) is -0.694. The number of nitrogens with zero attached hydrogens (tertiary/aromatic N) is 5. The van der Waals surface area contributed by atoms with Crippen LogP contribution in [0.3, 0.4) is 0 Å². The van der Waals surface area contributed by atoms with Crippen molar-refractivity contribution in [3.63, 3.8) is 0 Å². The van der Waals surface area contributed by atoms with Crippen molar-refractivity contribution in [3.05, 3.63) is 53.9 Å². The number of carboxylic acids is 2. The molecule has 3 rings (SSSR count). The van der Waals surface area contributed by atoms with Gasteiger partial charge < -0.3 is 29.2 Å². The highest BCUT2D eigenvalue weighted by atomic mass is 16.5. The first kappa shape index (κ1) is 25.5. The third kappa shape index (κ3) is 7.18. The van der Waals surface area contributed by atoms with Crippen molar-refractivity contribution in [3.8, 4) is 23.0 Å². The normalized spacial score (nSPS) is 10.9. The van der Waals surface area contributed by atoms with Crippen molar-refractivity contribution in [1.82, 2.24) is 14.9 Å². The lowest BCUT2D eigenvalue weighted by atomic mass is 10.2. The minimum absolute atomic E-state index is 0.226. The molecule has 36 heavy (non-hydrogen) atoms. The van der Waals surface area contributed by atoms with E-state index in [1.165, 1.54) is 37.7 Å². The van der Waals surface area contributed by atoms with Crippen LogP contribution in [-0.4, -0.2) is 76.9 Å². The molecule has 0 fully saturated rings. The van der Waals surface area contributed by atoms with Gasteiger partial charge in [0, 0.05) is 0 Å². The number of hydrazone groups is 1. The van der Waals surface area contributed by atoms with E-state index in [1.807, 2.05) is 0 Å². The number of nitrogens with one attached hydrogen (secondary N) is 1. The van der Waals surface area contributed by atoms with Gasteiger partial charge in [0.2, 0.25) is 0 Å². The monoisotopic (exact) mass is 498 g/mol. The van der Waals surface area contributed by atoms with E-state index in [9.17, 15) is 9.59 Å². The average Bonchev–Trinajstić information content (AvgIpc) is 3.32. The summed E-state index contributed by atoms with van der Waals surface area (Å²) in [6, 6.07) is 9.75. The molecule has 0 saturated heterocycles. The number of hydrogen-bond donors (Lipinski definition) is 3. The van der Waals surface area contributed by atoms with Crippen LogP contribution in [0.1, 0.15) is 11.1 Å². The molecule has 0 atom stereocenters. The predicted octanol–water partition coefficient (Wildman–Crippen LogP) is 1.55. The van der Waals surface area contributed by atoms with Crippen LogP contribution in [0.2, 0.25) is 0 Å². The number of carbonyl (C=O) groups is 2. The van der Waals surface area contributed by atoms with E-state index < -0.39 is 25.2 Å². The van der Waals surface area contributed by atoms with Crippen LogP contribution in [-0.2, 0) is 9.59 Å². The van der Waals surface area contributed by atoms with Gasteiger partial charge in [-0.25, -0.2) is 15.0 Å². The van der Waals surface area contributed by atoms with E-state index in [1.54, 1.807) is 36.4 Å². The molecule has 0 saturated carbocycles. The number of methoxy groups -OCH3 is 2. The fraction of sp³-hybridized carbons (Fsp3) is 0.182. The molecule has 0 aliphatic carbocycles. The van der Waals surface area contributed by atoms with Gasteiger partial charge in [0.25, 0.3) is 5.95 Å². The molecule has 0 radical (unpaired) electrons. The van der Waals surface area contributed by atoms with Crippen molar-refractivity contribution in [2.75, 3.05) is 32.9 Å². The Bertz CT molecular complexity index is 1270. The van der Waals surface area contributed by atoms with Crippen molar-refractivity contribution >= 4 is 30.3 Å². The van der Waals surface area contributed by atoms with Gasteiger partial charge in [-0.1, -0.05) is 0 Å². The number of carboxylic acid groups (broad SMARTS) is 2. The van der Waals surface area contributed by atoms with E-state index in [0.717, 1.165) is 0 Å². The number of hydrogen-bond acceptors (Lipinski definition) is 11. The van der Waals surface area contributed by atoms with E-state index in [4.69, 9.17) is 29.2 Å². The molecule has 0 aliphatic rings. The third-order valence-corrected chi connectivity index (χ3v) is 4.32. The lowest BCUT2D eigenvalue weighted by molar-refractivity contribution is -0.140. The van der Waals surface area contributed by atoms with Crippen molar-refractivity contribution in [1.29, 1.82) is 0 Å². The number of aromatic nitrogens is 3. The molecule has 14 nitrogen and oxygen atoms in total. The number of rotatable bonds is 13. The molecule has 1 heterocycles. The molecule has 0 unspecified atom stereocenters. The summed E-state index contributed by atoms with van der Waals surface area (Å²) in [6.07, 6.45) is 4.38. The van der Waals surface area contributed by atoms with Crippen LogP contribution >= 0.6 is 0 Å². The second-order valence-corrected chi connectivity index (χ2v) is 6.80. The molecule has 0 amide bonds. The zero-order chi connectivity index (χ0) is 25.9. The zero-order valence-corrected chi connectivity index (χ0v) is 19.2. The highest BCUT2D eigenvalue weighted by Crippen LogP contribution is 2.28. The summed E-state index contributed by atoms with van der Waals surface area (Å²) >= 11 is 0. The molecular weight excluding hydrogens is 476 g/mol. The first-order valence-electron chi connectivity index (χ1n) is 10.2. The van der Waals surface area contributed by atoms with Crippen LogP contribution in [0.5, 0.6) is 23.0 Å². The Labute approximate surface area is 204 Å². The van der Waals surface area contributed by atoms with E-state index in [0.29, 0.717) is 22.6 Å². The first-order valence-corrected chi connectivity index (χ1v) is 10.2. The van der Waals surface area contributed by atoms with Gasteiger partial charge in [-0.2, -0.15) is 14.9 Å². The van der Waals surface area contributed by atoms with Crippen molar-refractivity contribution in [2.24, 2.45) is 10.2 Å². The van der Waals surface area contributed by atoms with Crippen LogP contribution in [0.15, 0.2) is 52.9 Å². The number of anilines is 1. The zero-order valence-electron chi connectivity index (χ0n) is 19.2. The molecule has 0 spiro atoms. The largest absolute Gasteiger partial charge is 0.493 e. The van der Waals surface area contributed by atoms with E-state index in [-0.39, 0.29) is 17.4 Å². The topological polar surface area (TPSA) is 179 Å². The summed E-state index contributed by atoms with van der Waals surface area (Å²) < 4.78 is 22.2. The Morgan fingerprint density at radius 2 is 1.47 bits per heavy atom. The molecule has 188 valence electrons. The summed E-state index contributed by atoms with van der Waals surface area (Å²) in [5.41, 5.74) is 4.02. The fourth-order valence-electron chi connectivity index (χ4n) is 2.73. The van der Waals surface area contributed by atoms with Crippen LogP contribution < -0.4 is 24.4 Å². The first-order chi connectivity index (χ1) is 17.4. The summed E-state index contributed by atoms with van der Waals surface area (Å²) in [6.45, 7) is -0.980. The maximum atomic E-state index is 10.7. The minimum Gasteiger partial charge on any atom is -0.493 e. The summed E-state index contributed by atoms with van der Waals surface area (Å²) in [5, 5.41) is 33.6. The molecule has 0 aliphatic heterocycles. The van der Waals surface area contributed by atoms with Crippen molar-refractivity contribution < 1.29 is 38.7 Å². The van der Waals surface area contributed by atoms with Crippen LogP contribution in [0, 0.1) is 0 Å². The maximum absolute atomic E-state index is 10.7. The smallest absolute Gasteiger partial charge is 0.341 e. The van der Waals surface area contributed by atoms with E-state index >= 15 is 0 Å². The molecule has 1 aromatic heterocycles. The Hall–Kier alpha value is -5.14. The number of aliphatic carboxylic acids is 2. The Balaban J connectivity index is 1.66. The second-order valence-electron chi connectivity index (χ2n) is 6.80. The SMILES string of the molecule is COc1cc(/C=N\n2cnnc2N/N=C/c2ccc(OCC(=O)O)c(OC)c2)ccc1OCC(=O)O. The Morgan fingerprint density at radius 3 is 2.00 bits per heavy atom. The predicted molar refractivity (Wildman–Crippen MR) is 126 cm³/mol. The molecule has 0 bridgehead atoms.